The number of rotatable bonds is 7. The number of Topliss-reactive ketones (excluding diaryl/α,β-unsaturated/α-hetero) is 1. The Bertz CT molecular complexity index is 820. The number of carbonyl (C=O) groups excluding carboxylic acids is 1. The van der Waals surface area contributed by atoms with Gasteiger partial charge in [-0.3, -0.25) is 4.79 Å². The van der Waals surface area contributed by atoms with Gasteiger partial charge in [0.1, 0.15) is 5.78 Å². The highest BCUT2D eigenvalue weighted by Gasteiger charge is 2.59. The maximum atomic E-state index is 13.3. The van der Waals surface area contributed by atoms with Gasteiger partial charge in [-0.2, -0.15) is 0 Å². The van der Waals surface area contributed by atoms with Crippen LogP contribution in [0, 0.1) is 40.4 Å². The second-order valence-corrected chi connectivity index (χ2v) is 20.2. The van der Waals surface area contributed by atoms with Crippen molar-refractivity contribution in [1.29, 1.82) is 0 Å². The van der Waals surface area contributed by atoms with Crippen LogP contribution in [0.4, 0.5) is 0 Å². The molecule has 0 aromatic heterocycles. The molecule has 0 saturated heterocycles. The third kappa shape index (κ3) is 5.03. The zero-order chi connectivity index (χ0) is 25.8. The van der Waals surface area contributed by atoms with Gasteiger partial charge < -0.3 is 4.43 Å². The first-order valence-electron chi connectivity index (χ1n) is 15.1. The first-order valence-corrected chi connectivity index (χ1v) is 18.0. The first-order chi connectivity index (χ1) is 16.2. The highest BCUT2D eigenvalue weighted by atomic mass is 28.4. The molecule has 3 saturated carbocycles. The fourth-order valence-corrected chi connectivity index (χ4v) is 10.1. The van der Waals surface area contributed by atoms with Crippen molar-refractivity contribution in [3.05, 3.63) is 11.6 Å². The molecule has 0 heterocycles. The van der Waals surface area contributed by atoms with Gasteiger partial charge in [-0.1, -0.05) is 66.5 Å². The zero-order valence-corrected chi connectivity index (χ0v) is 25.6. The molecule has 0 unspecified atom stereocenters. The van der Waals surface area contributed by atoms with Crippen molar-refractivity contribution in [2.45, 2.75) is 143 Å². The predicted molar refractivity (Wildman–Crippen MR) is 151 cm³/mol. The second kappa shape index (κ2) is 9.72. The van der Waals surface area contributed by atoms with Crippen LogP contribution in [-0.4, -0.2) is 20.2 Å². The number of ketones is 1. The molecule has 35 heavy (non-hydrogen) atoms. The molecule has 0 aromatic carbocycles. The van der Waals surface area contributed by atoms with Crippen molar-refractivity contribution in [1.82, 2.24) is 0 Å². The van der Waals surface area contributed by atoms with E-state index in [0.717, 1.165) is 43.4 Å². The molecule has 200 valence electrons. The maximum Gasteiger partial charge on any atom is 0.192 e. The minimum atomic E-state index is -1.73. The molecule has 0 aliphatic heterocycles. The van der Waals surface area contributed by atoms with Gasteiger partial charge in [-0.05, 0) is 110 Å². The lowest BCUT2D eigenvalue weighted by Gasteiger charge is -2.58. The molecule has 2 nitrogen and oxygen atoms in total. The van der Waals surface area contributed by atoms with E-state index in [1.54, 1.807) is 5.57 Å². The smallest absolute Gasteiger partial charge is 0.192 e. The van der Waals surface area contributed by atoms with Crippen LogP contribution in [0.15, 0.2) is 11.6 Å². The Kier molecular flexibility index (Phi) is 7.67. The molecule has 0 amide bonds. The van der Waals surface area contributed by atoms with Gasteiger partial charge in [0.25, 0.3) is 0 Å². The minimum absolute atomic E-state index is 0.250. The quantitative estimate of drug-likeness (QED) is 0.257. The van der Waals surface area contributed by atoms with E-state index in [4.69, 9.17) is 4.43 Å². The van der Waals surface area contributed by atoms with Gasteiger partial charge >= 0.3 is 0 Å². The van der Waals surface area contributed by atoms with Crippen molar-refractivity contribution in [2.75, 3.05) is 0 Å². The molecule has 3 fully saturated rings. The summed E-state index contributed by atoms with van der Waals surface area (Å²) in [5.41, 5.74) is 2.33. The molecule has 3 heteroatoms. The molecule has 0 radical (unpaired) electrons. The molecular weight excluding hydrogens is 444 g/mol. The lowest BCUT2D eigenvalue weighted by molar-refractivity contribution is -0.129. The molecule has 0 N–H and O–H groups in total. The van der Waals surface area contributed by atoms with Crippen LogP contribution in [0.2, 0.25) is 18.1 Å². The summed E-state index contributed by atoms with van der Waals surface area (Å²) in [6.07, 6.45) is 16.1. The van der Waals surface area contributed by atoms with Crippen molar-refractivity contribution >= 4 is 14.1 Å². The SMILES string of the molecule is CC(C)CCCC(=O)[C@H]1CC[C@H]2[C@@H]3CC=C4C[C@@H](O[Si](C)(C)C(C)(C)C)CC[C@]4(C)[C@H]3CC[C@]12C. The van der Waals surface area contributed by atoms with Crippen LogP contribution in [-0.2, 0) is 9.22 Å². The molecule has 4 aliphatic rings. The fourth-order valence-electron chi connectivity index (χ4n) is 8.71. The third-order valence-corrected chi connectivity index (χ3v) is 16.5. The maximum absolute atomic E-state index is 13.3. The Hall–Kier alpha value is -0.413. The monoisotopic (exact) mass is 500 g/mol. The number of fused-ring (bicyclic) bond motifs is 5. The molecule has 0 spiro atoms. The largest absolute Gasteiger partial charge is 0.414 e. The van der Waals surface area contributed by atoms with Gasteiger partial charge in [0.15, 0.2) is 8.32 Å². The van der Waals surface area contributed by atoms with E-state index < -0.39 is 8.32 Å². The molecule has 7 atom stereocenters. The molecule has 4 aliphatic carbocycles. The highest BCUT2D eigenvalue weighted by Crippen LogP contribution is 2.66. The molecular formula is C32H56O2Si. The Balaban J connectivity index is 1.46. The van der Waals surface area contributed by atoms with E-state index in [-0.39, 0.29) is 10.5 Å². The lowest BCUT2D eigenvalue weighted by Crippen LogP contribution is -2.52. The highest BCUT2D eigenvalue weighted by molar-refractivity contribution is 6.74. The van der Waals surface area contributed by atoms with E-state index in [1.807, 2.05) is 0 Å². The number of carbonyl (C=O) groups is 1. The van der Waals surface area contributed by atoms with Crippen molar-refractivity contribution < 1.29 is 9.22 Å². The summed E-state index contributed by atoms with van der Waals surface area (Å²) in [5.74, 6) is 3.97. The second-order valence-electron chi connectivity index (χ2n) is 15.4. The summed E-state index contributed by atoms with van der Waals surface area (Å²) in [4.78, 5) is 13.3. The van der Waals surface area contributed by atoms with E-state index in [2.05, 4.69) is 67.6 Å². The van der Waals surface area contributed by atoms with Crippen molar-refractivity contribution in [2.24, 2.45) is 40.4 Å². The average molecular weight is 501 g/mol. The number of allylic oxidation sites excluding steroid dienone is 1. The lowest BCUT2D eigenvalue weighted by atomic mass is 9.47. The van der Waals surface area contributed by atoms with Gasteiger partial charge in [-0.25, -0.2) is 0 Å². The van der Waals surface area contributed by atoms with E-state index in [1.165, 1.54) is 44.9 Å². The fraction of sp³-hybridized carbons (Fsp3) is 0.906. The summed E-state index contributed by atoms with van der Waals surface area (Å²) >= 11 is 0. The topological polar surface area (TPSA) is 26.3 Å². The van der Waals surface area contributed by atoms with Crippen LogP contribution >= 0.6 is 0 Å². The summed E-state index contributed by atoms with van der Waals surface area (Å²) in [7, 11) is -1.73. The molecule has 4 rings (SSSR count). The van der Waals surface area contributed by atoms with Crippen LogP contribution in [0.25, 0.3) is 0 Å². The van der Waals surface area contributed by atoms with Crippen LogP contribution in [0.5, 0.6) is 0 Å². The zero-order valence-electron chi connectivity index (χ0n) is 24.6. The van der Waals surface area contributed by atoms with Crippen molar-refractivity contribution in [3.63, 3.8) is 0 Å². The number of hydrogen-bond donors (Lipinski definition) is 0. The van der Waals surface area contributed by atoms with Crippen LogP contribution in [0.3, 0.4) is 0 Å². The summed E-state index contributed by atoms with van der Waals surface area (Å²) < 4.78 is 6.91. The van der Waals surface area contributed by atoms with Gasteiger partial charge in [0.05, 0.1) is 0 Å². The van der Waals surface area contributed by atoms with Gasteiger partial charge in [-0.15, -0.1) is 0 Å². The summed E-state index contributed by atoms with van der Waals surface area (Å²) in [6, 6.07) is 0. The minimum Gasteiger partial charge on any atom is -0.414 e. The Morgan fingerprint density at radius 1 is 1.09 bits per heavy atom. The Morgan fingerprint density at radius 2 is 1.80 bits per heavy atom. The Morgan fingerprint density at radius 3 is 2.46 bits per heavy atom. The Labute approximate surface area is 218 Å². The van der Waals surface area contributed by atoms with E-state index >= 15 is 0 Å². The van der Waals surface area contributed by atoms with Gasteiger partial charge in [0, 0.05) is 18.4 Å². The van der Waals surface area contributed by atoms with Gasteiger partial charge in [0.2, 0.25) is 0 Å². The average Bonchev–Trinajstić information content (AvgIpc) is 3.10. The molecule has 0 bridgehead atoms. The first kappa shape index (κ1) is 27.6. The third-order valence-electron chi connectivity index (χ3n) is 11.9. The van der Waals surface area contributed by atoms with Crippen LogP contribution in [0.1, 0.15) is 119 Å². The molecule has 0 aromatic rings. The normalized spacial score (nSPS) is 39.6. The number of hydrogen-bond acceptors (Lipinski definition) is 2. The van der Waals surface area contributed by atoms with Crippen molar-refractivity contribution in [3.8, 4) is 0 Å². The van der Waals surface area contributed by atoms with E-state index in [9.17, 15) is 4.79 Å². The van der Waals surface area contributed by atoms with Crippen LogP contribution < -0.4 is 0 Å². The standard InChI is InChI=1S/C32H56O2Si/c1-22(2)11-10-12-29(33)28-16-15-26-25-14-13-23-21-24(34-35(8,9)30(3,4)5)17-19-31(23,6)27(25)18-20-32(26,28)7/h13,22,24-28H,10-12,14-21H2,1-9H3/t24-,25-,26-,27-,28+,31-,32-/m0/s1. The summed E-state index contributed by atoms with van der Waals surface area (Å²) in [5, 5.41) is 0.277. The predicted octanol–water partition coefficient (Wildman–Crippen LogP) is 9.35. The summed E-state index contributed by atoms with van der Waals surface area (Å²) in [6.45, 7) is 21.6. The van der Waals surface area contributed by atoms with E-state index in [0.29, 0.717) is 29.1 Å².